The number of anilines is 1. The Morgan fingerprint density at radius 2 is 1.47 bits per heavy atom. The standard InChI is InChI=1S/C24H18N4O4/c29-15-5-1-13(2-6-15)22-20-21(27-24-25-12-26-28(22)24)18-11-17(31)9-10-19(18)32-23(20)14-3-7-16(30)8-4-14/h1-12,22-23,29-31H,(H,25,26,27). The molecule has 8 heteroatoms. The summed E-state index contributed by atoms with van der Waals surface area (Å²) in [4.78, 5) is 4.37. The molecule has 0 amide bonds. The maximum atomic E-state index is 10.2. The molecule has 3 heterocycles. The van der Waals surface area contributed by atoms with Crippen molar-refractivity contribution in [1.82, 2.24) is 14.8 Å². The Kier molecular flexibility index (Phi) is 3.88. The van der Waals surface area contributed by atoms with Crippen molar-refractivity contribution in [2.75, 3.05) is 5.32 Å². The highest BCUT2D eigenvalue weighted by Gasteiger charge is 2.41. The lowest BCUT2D eigenvalue weighted by molar-refractivity contribution is 0.222. The maximum absolute atomic E-state index is 10.2. The highest BCUT2D eigenvalue weighted by Crippen LogP contribution is 2.51. The van der Waals surface area contributed by atoms with E-state index in [1.165, 1.54) is 6.33 Å². The second-order valence-corrected chi connectivity index (χ2v) is 7.75. The third kappa shape index (κ3) is 2.77. The summed E-state index contributed by atoms with van der Waals surface area (Å²) in [6.45, 7) is 0. The summed E-state index contributed by atoms with van der Waals surface area (Å²) in [5.74, 6) is 1.63. The molecule has 0 aliphatic carbocycles. The van der Waals surface area contributed by atoms with Crippen LogP contribution in [0, 0.1) is 0 Å². The van der Waals surface area contributed by atoms with Crippen LogP contribution in [0.5, 0.6) is 23.0 Å². The monoisotopic (exact) mass is 426 g/mol. The Hall–Kier alpha value is -4.46. The van der Waals surface area contributed by atoms with Crippen LogP contribution in [0.25, 0.3) is 5.70 Å². The minimum Gasteiger partial charge on any atom is -0.508 e. The summed E-state index contributed by atoms with van der Waals surface area (Å²) in [6.07, 6.45) is 0.986. The molecule has 6 rings (SSSR count). The lowest BCUT2D eigenvalue weighted by Crippen LogP contribution is -2.32. The molecular weight excluding hydrogens is 408 g/mol. The lowest BCUT2D eigenvalue weighted by atomic mass is 9.84. The molecule has 2 aliphatic rings. The quantitative estimate of drug-likeness (QED) is 0.384. The summed E-state index contributed by atoms with van der Waals surface area (Å²) >= 11 is 0. The van der Waals surface area contributed by atoms with Crippen LogP contribution in [0.3, 0.4) is 0 Å². The molecular formula is C24H18N4O4. The Morgan fingerprint density at radius 3 is 2.19 bits per heavy atom. The van der Waals surface area contributed by atoms with Crippen molar-refractivity contribution in [3.8, 4) is 23.0 Å². The van der Waals surface area contributed by atoms with E-state index in [4.69, 9.17) is 4.74 Å². The normalized spacial score (nSPS) is 18.8. The van der Waals surface area contributed by atoms with Gasteiger partial charge < -0.3 is 25.4 Å². The van der Waals surface area contributed by atoms with Crippen LogP contribution in [0.1, 0.15) is 28.8 Å². The molecule has 0 spiro atoms. The molecule has 0 saturated carbocycles. The number of nitrogens with zero attached hydrogens (tertiary/aromatic N) is 3. The van der Waals surface area contributed by atoms with Crippen molar-refractivity contribution in [1.29, 1.82) is 0 Å². The topological polar surface area (TPSA) is 113 Å². The van der Waals surface area contributed by atoms with Gasteiger partial charge >= 0.3 is 0 Å². The van der Waals surface area contributed by atoms with Gasteiger partial charge in [0.1, 0.15) is 41.5 Å². The van der Waals surface area contributed by atoms with Gasteiger partial charge in [-0.25, -0.2) is 4.68 Å². The first kappa shape index (κ1) is 18.3. The van der Waals surface area contributed by atoms with E-state index in [1.807, 2.05) is 24.3 Å². The molecule has 1 aromatic heterocycles. The number of aromatic hydroxyl groups is 3. The number of hydrogen-bond donors (Lipinski definition) is 4. The van der Waals surface area contributed by atoms with E-state index in [9.17, 15) is 15.3 Å². The number of nitrogens with one attached hydrogen (secondary N) is 1. The van der Waals surface area contributed by atoms with Crippen molar-refractivity contribution in [3.05, 3.63) is 95.3 Å². The first-order valence-corrected chi connectivity index (χ1v) is 10.1. The molecule has 0 fully saturated rings. The second-order valence-electron chi connectivity index (χ2n) is 7.75. The average Bonchev–Trinajstić information content (AvgIpc) is 3.27. The minimum atomic E-state index is -0.494. The van der Waals surface area contributed by atoms with Crippen molar-refractivity contribution in [2.24, 2.45) is 0 Å². The summed E-state index contributed by atoms with van der Waals surface area (Å²) in [5, 5.41) is 37.6. The van der Waals surface area contributed by atoms with Crippen LogP contribution in [-0.4, -0.2) is 30.1 Å². The fraction of sp³-hybridized carbons (Fsp3) is 0.0833. The predicted octanol–water partition coefficient (Wildman–Crippen LogP) is 3.95. The SMILES string of the molecule is Oc1ccc(C2Oc3ccc(O)cc3C3=C2C(c2ccc(O)cc2)n2ncnc2N3)cc1. The van der Waals surface area contributed by atoms with Crippen molar-refractivity contribution >= 4 is 11.6 Å². The number of aromatic nitrogens is 3. The first-order chi connectivity index (χ1) is 15.6. The molecule has 2 unspecified atom stereocenters. The van der Waals surface area contributed by atoms with E-state index >= 15 is 0 Å². The Morgan fingerprint density at radius 1 is 0.812 bits per heavy atom. The van der Waals surface area contributed by atoms with Gasteiger partial charge in [-0.1, -0.05) is 24.3 Å². The molecule has 8 nitrogen and oxygen atoms in total. The van der Waals surface area contributed by atoms with Crippen molar-refractivity contribution in [2.45, 2.75) is 12.1 Å². The smallest absolute Gasteiger partial charge is 0.226 e. The van der Waals surface area contributed by atoms with Gasteiger partial charge in [-0.3, -0.25) is 0 Å². The third-order valence-electron chi connectivity index (χ3n) is 5.80. The van der Waals surface area contributed by atoms with E-state index < -0.39 is 6.10 Å². The number of fused-ring (bicyclic) bond motifs is 3. The predicted molar refractivity (Wildman–Crippen MR) is 116 cm³/mol. The number of benzene rings is 3. The highest BCUT2D eigenvalue weighted by atomic mass is 16.5. The molecule has 4 N–H and O–H groups in total. The number of hydrogen-bond acceptors (Lipinski definition) is 7. The molecule has 32 heavy (non-hydrogen) atoms. The fourth-order valence-electron chi connectivity index (χ4n) is 4.36. The summed E-state index contributed by atoms with van der Waals surface area (Å²) in [7, 11) is 0. The van der Waals surface area contributed by atoms with Gasteiger partial charge in [0, 0.05) is 11.1 Å². The average molecular weight is 426 g/mol. The van der Waals surface area contributed by atoms with Crippen LogP contribution < -0.4 is 10.1 Å². The molecule has 2 aliphatic heterocycles. The first-order valence-electron chi connectivity index (χ1n) is 10.1. The van der Waals surface area contributed by atoms with Gasteiger partial charge in [-0.05, 0) is 53.6 Å². The highest BCUT2D eigenvalue weighted by molar-refractivity contribution is 5.85. The van der Waals surface area contributed by atoms with Crippen molar-refractivity contribution < 1.29 is 20.1 Å². The summed E-state index contributed by atoms with van der Waals surface area (Å²) in [5.41, 5.74) is 4.10. The van der Waals surface area contributed by atoms with E-state index in [2.05, 4.69) is 15.4 Å². The van der Waals surface area contributed by atoms with Gasteiger partial charge in [-0.15, -0.1) is 0 Å². The lowest BCUT2D eigenvalue weighted by Gasteiger charge is -2.39. The zero-order valence-corrected chi connectivity index (χ0v) is 16.7. The van der Waals surface area contributed by atoms with Crippen LogP contribution in [0.15, 0.2) is 78.6 Å². The van der Waals surface area contributed by atoms with E-state index in [1.54, 1.807) is 47.1 Å². The zero-order chi connectivity index (χ0) is 21.8. The molecule has 158 valence electrons. The Bertz CT molecular complexity index is 1360. The molecule has 0 saturated heterocycles. The molecule has 2 atom stereocenters. The number of phenolic OH excluding ortho intramolecular Hbond substituents is 3. The van der Waals surface area contributed by atoms with E-state index in [-0.39, 0.29) is 23.3 Å². The molecule has 0 bridgehead atoms. The Labute approximate surface area is 182 Å². The van der Waals surface area contributed by atoms with Gasteiger partial charge in [0.25, 0.3) is 0 Å². The Balaban J connectivity index is 1.63. The van der Waals surface area contributed by atoms with Crippen LogP contribution in [0.2, 0.25) is 0 Å². The number of rotatable bonds is 2. The van der Waals surface area contributed by atoms with Crippen LogP contribution in [-0.2, 0) is 0 Å². The van der Waals surface area contributed by atoms with Gasteiger partial charge in [0.05, 0.1) is 5.70 Å². The fourth-order valence-corrected chi connectivity index (χ4v) is 4.36. The van der Waals surface area contributed by atoms with E-state index in [0.29, 0.717) is 17.3 Å². The van der Waals surface area contributed by atoms with E-state index in [0.717, 1.165) is 22.4 Å². The third-order valence-corrected chi connectivity index (χ3v) is 5.80. The molecule has 4 aromatic rings. The number of ether oxygens (including phenoxy) is 1. The van der Waals surface area contributed by atoms with Gasteiger partial charge in [0.2, 0.25) is 5.95 Å². The molecule has 3 aromatic carbocycles. The maximum Gasteiger partial charge on any atom is 0.226 e. The summed E-state index contributed by atoms with van der Waals surface area (Å²) < 4.78 is 8.22. The van der Waals surface area contributed by atoms with Gasteiger partial charge in [-0.2, -0.15) is 10.1 Å². The number of phenols is 3. The van der Waals surface area contributed by atoms with Crippen LogP contribution >= 0.6 is 0 Å². The zero-order valence-electron chi connectivity index (χ0n) is 16.7. The minimum absolute atomic E-state index is 0.123. The molecule has 0 radical (unpaired) electrons. The largest absolute Gasteiger partial charge is 0.508 e. The second kappa shape index (κ2) is 6.78. The van der Waals surface area contributed by atoms with Gasteiger partial charge in [0.15, 0.2) is 0 Å². The van der Waals surface area contributed by atoms with Crippen molar-refractivity contribution in [3.63, 3.8) is 0 Å². The summed E-state index contributed by atoms with van der Waals surface area (Å²) in [6, 6.07) is 18.4. The van der Waals surface area contributed by atoms with Crippen LogP contribution in [0.4, 0.5) is 5.95 Å².